The molecule has 1 atom stereocenters. The first-order chi connectivity index (χ1) is 9.78. The van der Waals surface area contributed by atoms with Crippen molar-refractivity contribution in [2.24, 2.45) is 0 Å². The maximum atomic E-state index is 12.2. The summed E-state index contributed by atoms with van der Waals surface area (Å²) >= 11 is 0. The van der Waals surface area contributed by atoms with Crippen molar-refractivity contribution < 1.29 is 13.2 Å². The van der Waals surface area contributed by atoms with E-state index in [1.54, 1.807) is 4.90 Å². The number of benzene rings is 1. The number of sulfone groups is 1. The summed E-state index contributed by atoms with van der Waals surface area (Å²) in [6.45, 7) is 0.630. The van der Waals surface area contributed by atoms with E-state index in [0.29, 0.717) is 6.54 Å². The van der Waals surface area contributed by atoms with Crippen LogP contribution in [0.25, 0.3) is 0 Å². The van der Waals surface area contributed by atoms with Crippen LogP contribution in [0.15, 0.2) is 24.3 Å². The van der Waals surface area contributed by atoms with E-state index in [0.717, 1.165) is 30.3 Å². The number of carbonyl (C=O) groups is 1. The molecule has 6 heteroatoms. The predicted molar refractivity (Wildman–Crippen MR) is 84.2 cm³/mol. The second kappa shape index (κ2) is 6.05. The Labute approximate surface area is 126 Å². The maximum absolute atomic E-state index is 12.2. The molecule has 116 valence electrons. The topological polar surface area (TPSA) is 57.7 Å². The summed E-state index contributed by atoms with van der Waals surface area (Å²) in [6, 6.07) is 8.04. The van der Waals surface area contributed by atoms with E-state index >= 15 is 0 Å². The lowest BCUT2D eigenvalue weighted by Crippen LogP contribution is -2.35. The quantitative estimate of drug-likeness (QED) is 0.845. The molecule has 0 spiro atoms. The fourth-order valence-electron chi connectivity index (χ4n) is 2.73. The Morgan fingerprint density at radius 1 is 1.38 bits per heavy atom. The van der Waals surface area contributed by atoms with Gasteiger partial charge in [0.05, 0.1) is 6.04 Å². The largest absolute Gasteiger partial charge is 0.378 e. The second-order valence-corrected chi connectivity index (χ2v) is 7.94. The molecule has 1 fully saturated rings. The molecule has 5 nitrogen and oxygen atoms in total. The Morgan fingerprint density at radius 2 is 2.10 bits per heavy atom. The first-order valence-electron chi connectivity index (χ1n) is 7.02. The van der Waals surface area contributed by atoms with E-state index < -0.39 is 15.6 Å². The highest BCUT2D eigenvalue weighted by atomic mass is 32.2. The molecule has 0 saturated carbocycles. The van der Waals surface area contributed by atoms with Crippen LogP contribution in [0, 0.1) is 0 Å². The number of carbonyl (C=O) groups excluding carboxylic acids is 1. The van der Waals surface area contributed by atoms with Gasteiger partial charge < -0.3 is 9.80 Å². The van der Waals surface area contributed by atoms with Crippen molar-refractivity contribution in [3.8, 4) is 0 Å². The zero-order valence-corrected chi connectivity index (χ0v) is 13.6. The molecular weight excluding hydrogens is 288 g/mol. The number of anilines is 1. The lowest BCUT2D eigenvalue weighted by atomic mass is 10.0. The molecule has 0 aromatic heterocycles. The average Bonchev–Trinajstić information content (AvgIpc) is 2.86. The van der Waals surface area contributed by atoms with E-state index in [9.17, 15) is 13.2 Å². The van der Waals surface area contributed by atoms with E-state index in [-0.39, 0.29) is 11.9 Å². The van der Waals surface area contributed by atoms with Crippen molar-refractivity contribution in [2.45, 2.75) is 18.9 Å². The Bertz CT molecular complexity index is 626. The van der Waals surface area contributed by atoms with Crippen LogP contribution in [0.4, 0.5) is 5.69 Å². The molecule has 1 aliphatic rings. The zero-order chi connectivity index (χ0) is 15.6. The third kappa shape index (κ3) is 3.97. The SMILES string of the molecule is CN(C)c1cccc(C2CCCN2C(=O)CS(C)(=O)=O)c1. The molecule has 1 aromatic carbocycles. The molecule has 1 saturated heterocycles. The Balaban J connectivity index is 2.22. The van der Waals surface area contributed by atoms with Gasteiger partial charge in [0.1, 0.15) is 5.75 Å². The number of nitrogens with zero attached hydrogens (tertiary/aromatic N) is 2. The summed E-state index contributed by atoms with van der Waals surface area (Å²) in [5.74, 6) is -0.702. The van der Waals surface area contributed by atoms with Gasteiger partial charge in [-0.05, 0) is 30.5 Å². The number of rotatable bonds is 4. The molecule has 0 bridgehead atoms. The third-order valence-corrected chi connectivity index (χ3v) is 4.50. The van der Waals surface area contributed by atoms with Crippen molar-refractivity contribution in [3.63, 3.8) is 0 Å². The summed E-state index contributed by atoms with van der Waals surface area (Å²) < 4.78 is 22.7. The van der Waals surface area contributed by atoms with Gasteiger partial charge in [-0.15, -0.1) is 0 Å². The van der Waals surface area contributed by atoms with E-state index in [4.69, 9.17) is 0 Å². The molecule has 1 heterocycles. The van der Waals surface area contributed by atoms with Crippen LogP contribution < -0.4 is 4.90 Å². The number of hydrogen-bond acceptors (Lipinski definition) is 4. The lowest BCUT2D eigenvalue weighted by Gasteiger charge is -2.26. The Hall–Kier alpha value is -1.56. The minimum absolute atomic E-state index is 0.0147. The Kier molecular flexibility index (Phi) is 4.56. The lowest BCUT2D eigenvalue weighted by molar-refractivity contribution is -0.129. The van der Waals surface area contributed by atoms with Gasteiger partial charge in [-0.2, -0.15) is 0 Å². The van der Waals surface area contributed by atoms with E-state index in [2.05, 4.69) is 6.07 Å². The van der Waals surface area contributed by atoms with Crippen molar-refractivity contribution in [1.82, 2.24) is 4.90 Å². The third-order valence-electron chi connectivity index (χ3n) is 3.73. The normalized spacial score (nSPS) is 18.8. The van der Waals surface area contributed by atoms with Gasteiger partial charge in [0.15, 0.2) is 9.84 Å². The van der Waals surface area contributed by atoms with Gasteiger partial charge in [0, 0.05) is 32.6 Å². The van der Waals surface area contributed by atoms with Crippen molar-refractivity contribution in [1.29, 1.82) is 0 Å². The van der Waals surface area contributed by atoms with Crippen molar-refractivity contribution in [2.75, 3.05) is 37.5 Å². The molecule has 1 aliphatic heterocycles. The van der Waals surface area contributed by atoms with Crippen LogP contribution in [-0.2, 0) is 14.6 Å². The number of hydrogen-bond donors (Lipinski definition) is 0. The molecule has 0 N–H and O–H groups in total. The summed E-state index contributed by atoms with van der Waals surface area (Å²) in [5, 5.41) is 0. The van der Waals surface area contributed by atoms with Crippen LogP contribution in [0.1, 0.15) is 24.4 Å². The van der Waals surface area contributed by atoms with Gasteiger partial charge >= 0.3 is 0 Å². The first kappa shape index (κ1) is 15.8. The number of amides is 1. The molecule has 2 rings (SSSR count). The van der Waals surface area contributed by atoms with Crippen LogP contribution in [0.5, 0.6) is 0 Å². The van der Waals surface area contributed by atoms with E-state index in [1.165, 1.54) is 0 Å². The van der Waals surface area contributed by atoms with Gasteiger partial charge in [-0.25, -0.2) is 8.42 Å². The smallest absolute Gasteiger partial charge is 0.238 e. The minimum atomic E-state index is -3.29. The molecule has 0 radical (unpaired) electrons. The fourth-order valence-corrected chi connectivity index (χ4v) is 3.34. The van der Waals surface area contributed by atoms with Crippen LogP contribution in [0.3, 0.4) is 0 Å². The van der Waals surface area contributed by atoms with Gasteiger partial charge in [-0.1, -0.05) is 12.1 Å². The summed E-state index contributed by atoms with van der Waals surface area (Å²) in [5.41, 5.74) is 2.15. The first-order valence-corrected chi connectivity index (χ1v) is 9.08. The summed E-state index contributed by atoms with van der Waals surface area (Å²) in [7, 11) is 0.658. The van der Waals surface area contributed by atoms with Gasteiger partial charge in [-0.3, -0.25) is 4.79 Å². The highest BCUT2D eigenvalue weighted by molar-refractivity contribution is 7.91. The van der Waals surface area contributed by atoms with Crippen LogP contribution in [-0.4, -0.2) is 51.9 Å². The maximum Gasteiger partial charge on any atom is 0.238 e. The van der Waals surface area contributed by atoms with Crippen LogP contribution >= 0.6 is 0 Å². The average molecular weight is 310 g/mol. The summed E-state index contributed by atoms with van der Waals surface area (Å²) in [6.07, 6.45) is 2.89. The number of likely N-dealkylation sites (tertiary alicyclic amines) is 1. The fraction of sp³-hybridized carbons (Fsp3) is 0.533. The second-order valence-electron chi connectivity index (χ2n) is 5.80. The molecule has 1 amide bonds. The van der Waals surface area contributed by atoms with Crippen LogP contribution in [0.2, 0.25) is 0 Å². The molecular formula is C15H22N2O3S. The van der Waals surface area contributed by atoms with Gasteiger partial charge in [0.25, 0.3) is 0 Å². The zero-order valence-electron chi connectivity index (χ0n) is 12.7. The molecule has 1 unspecified atom stereocenters. The highest BCUT2D eigenvalue weighted by Crippen LogP contribution is 2.33. The van der Waals surface area contributed by atoms with E-state index in [1.807, 2.05) is 37.2 Å². The standard InChI is InChI=1S/C15H22N2O3S/c1-16(2)13-7-4-6-12(10-13)14-8-5-9-17(14)15(18)11-21(3,19)20/h4,6-7,10,14H,5,8-9,11H2,1-3H3. The predicted octanol–water partition coefficient (Wildman–Crippen LogP) is 1.46. The van der Waals surface area contributed by atoms with Crippen molar-refractivity contribution in [3.05, 3.63) is 29.8 Å². The van der Waals surface area contributed by atoms with Crippen molar-refractivity contribution >= 4 is 21.4 Å². The summed E-state index contributed by atoms with van der Waals surface area (Å²) in [4.78, 5) is 15.9. The molecule has 21 heavy (non-hydrogen) atoms. The Morgan fingerprint density at radius 3 is 2.71 bits per heavy atom. The highest BCUT2D eigenvalue weighted by Gasteiger charge is 2.31. The monoisotopic (exact) mass is 310 g/mol. The van der Waals surface area contributed by atoms with Gasteiger partial charge in [0.2, 0.25) is 5.91 Å². The molecule has 1 aromatic rings. The minimum Gasteiger partial charge on any atom is -0.378 e. The molecule has 0 aliphatic carbocycles.